The lowest BCUT2D eigenvalue weighted by molar-refractivity contribution is 0.214. The summed E-state index contributed by atoms with van der Waals surface area (Å²) in [5.74, 6) is 0. The maximum Gasteiger partial charge on any atom is 0.0448 e. The van der Waals surface area contributed by atoms with Crippen molar-refractivity contribution in [2.24, 2.45) is 0 Å². The van der Waals surface area contributed by atoms with Gasteiger partial charge in [-0.25, -0.2) is 0 Å². The van der Waals surface area contributed by atoms with Crippen LogP contribution in [-0.4, -0.2) is 17.3 Å². The van der Waals surface area contributed by atoms with Crippen LogP contribution in [0.4, 0.5) is 0 Å². The van der Waals surface area contributed by atoms with Crippen LogP contribution in [-0.2, 0) is 6.54 Å². The standard InChI is InChI=1S/C16H27NO/c1-6-16(5,7-8-18)17-11-15-10-13(3)12(2)9-14(15)4/h9-10,17-18H,6-8,11H2,1-5H3. The molecular weight excluding hydrogens is 222 g/mol. The number of nitrogens with one attached hydrogen (secondary N) is 1. The van der Waals surface area contributed by atoms with E-state index in [-0.39, 0.29) is 12.1 Å². The Bertz CT molecular complexity index is 400. The Morgan fingerprint density at radius 1 is 1.11 bits per heavy atom. The van der Waals surface area contributed by atoms with E-state index >= 15 is 0 Å². The molecule has 0 saturated heterocycles. The number of aliphatic hydroxyl groups excluding tert-OH is 1. The van der Waals surface area contributed by atoms with Gasteiger partial charge < -0.3 is 10.4 Å². The molecule has 1 aromatic carbocycles. The molecule has 1 aromatic rings. The minimum absolute atomic E-state index is 0.0278. The third-order valence-corrected chi connectivity index (χ3v) is 4.10. The second-order valence-corrected chi connectivity index (χ2v) is 5.60. The maximum absolute atomic E-state index is 9.13. The summed E-state index contributed by atoms with van der Waals surface area (Å²) in [7, 11) is 0. The Labute approximate surface area is 111 Å². The van der Waals surface area contributed by atoms with Crippen molar-refractivity contribution < 1.29 is 5.11 Å². The van der Waals surface area contributed by atoms with Crippen LogP contribution in [0.25, 0.3) is 0 Å². The lowest BCUT2D eigenvalue weighted by atomic mass is 9.93. The highest BCUT2D eigenvalue weighted by atomic mass is 16.3. The first-order valence-electron chi connectivity index (χ1n) is 6.84. The van der Waals surface area contributed by atoms with Crippen molar-refractivity contribution in [2.75, 3.05) is 6.61 Å². The van der Waals surface area contributed by atoms with Crippen LogP contribution in [0.2, 0.25) is 0 Å². The Hall–Kier alpha value is -0.860. The fraction of sp³-hybridized carbons (Fsp3) is 0.625. The van der Waals surface area contributed by atoms with Gasteiger partial charge in [0.1, 0.15) is 0 Å². The van der Waals surface area contributed by atoms with Crippen molar-refractivity contribution >= 4 is 0 Å². The van der Waals surface area contributed by atoms with Crippen molar-refractivity contribution in [3.05, 3.63) is 34.4 Å². The van der Waals surface area contributed by atoms with Crippen molar-refractivity contribution in [1.29, 1.82) is 0 Å². The third kappa shape index (κ3) is 3.82. The molecule has 0 aliphatic carbocycles. The smallest absolute Gasteiger partial charge is 0.0448 e. The van der Waals surface area contributed by atoms with E-state index in [1.165, 1.54) is 22.3 Å². The molecule has 2 N–H and O–H groups in total. The number of benzene rings is 1. The summed E-state index contributed by atoms with van der Waals surface area (Å²) in [6.45, 7) is 11.9. The van der Waals surface area contributed by atoms with E-state index < -0.39 is 0 Å². The summed E-state index contributed by atoms with van der Waals surface area (Å²) in [6, 6.07) is 4.52. The molecule has 0 amide bonds. The van der Waals surface area contributed by atoms with Gasteiger partial charge in [0.25, 0.3) is 0 Å². The van der Waals surface area contributed by atoms with Gasteiger partial charge in [0.15, 0.2) is 0 Å². The third-order valence-electron chi connectivity index (χ3n) is 4.10. The van der Waals surface area contributed by atoms with Gasteiger partial charge in [-0.1, -0.05) is 19.1 Å². The van der Waals surface area contributed by atoms with Crippen LogP contribution in [0.5, 0.6) is 0 Å². The Morgan fingerprint density at radius 2 is 1.72 bits per heavy atom. The molecule has 1 rings (SSSR count). The van der Waals surface area contributed by atoms with Crippen molar-refractivity contribution in [1.82, 2.24) is 5.32 Å². The molecule has 1 unspecified atom stereocenters. The van der Waals surface area contributed by atoms with Crippen molar-refractivity contribution in [2.45, 2.75) is 59.5 Å². The van der Waals surface area contributed by atoms with Gasteiger partial charge in [-0.3, -0.25) is 0 Å². The normalized spacial score (nSPS) is 14.6. The number of hydrogen-bond acceptors (Lipinski definition) is 2. The molecule has 0 saturated carbocycles. The van der Waals surface area contributed by atoms with Crippen LogP contribution in [0.3, 0.4) is 0 Å². The van der Waals surface area contributed by atoms with Crippen LogP contribution < -0.4 is 5.32 Å². The zero-order chi connectivity index (χ0) is 13.8. The van der Waals surface area contributed by atoms with E-state index in [0.717, 1.165) is 19.4 Å². The average Bonchev–Trinajstić information content (AvgIpc) is 2.32. The second kappa shape index (κ2) is 6.35. The topological polar surface area (TPSA) is 32.3 Å². The van der Waals surface area contributed by atoms with E-state index in [1.807, 2.05) is 0 Å². The van der Waals surface area contributed by atoms with Gasteiger partial charge in [0.2, 0.25) is 0 Å². The summed E-state index contributed by atoms with van der Waals surface area (Å²) in [6.07, 6.45) is 1.82. The van der Waals surface area contributed by atoms with Crippen LogP contribution in [0.15, 0.2) is 12.1 Å². The fourth-order valence-corrected chi connectivity index (χ4v) is 2.16. The SMILES string of the molecule is CCC(C)(CCO)NCc1cc(C)c(C)cc1C. The summed E-state index contributed by atoms with van der Waals surface area (Å²) in [5, 5.41) is 12.7. The zero-order valence-corrected chi connectivity index (χ0v) is 12.4. The summed E-state index contributed by atoms with van der Waals surface area (Å²) in [5.41, 5.74) is 5.42. The monoisotopic (exact) mass is 249 g/mol. The highest BCUT2D eigenvalue weighted by Gasteiger charge is 2.20. The molecule has 0 aliphatic heterocycles. The van der Waals surface area contributed by atoms with Gasteiger partial charge >= 0.3 is 0 Å². The van der Waals surface area contributed by atoms with Gasteiger partial charge in [0, 0.05) is 18.7 Å². The second-order valence-electron chi connectivity index (χ2n) is 5.60. The molecule has 0 radical (unpaired) electrons. The van der Waals surface area contributed by atoms with Crippen molar-refractivity contribution in [3.8, 4) is 0 Å². The Balaban J connectivity index is 2.76. The highest BCUT2D eigenvalue weighted by Crippen LogP contribution is 2.18. The summed E-state index contributed by atoms with van der Waals surface area (Å²) < 4.78 is 0. The minimum atomic E-state index is 0.0278. The molecular formula is C16H27NO. The minimum Gasteiger partial charge on any atom is -0.396 e. The number of hydrogen-bond donors (Lipinski definition) is 2. The predicted molar refractivity (Wildman–Crippen MR) is 77.9 cm³/mol. The molecule has 0 fully saturated rings. The average molecular weight is 249 g/mol. The maximum atomic E-state index is 9.13. The first-order chi connectivity index (χ1) is 8.41. The Morgan fingerprint density at radius 3 is 2.28 bits per heavy atom. The number of aliphatic hydroxyl groups is 1. The van der Waals surface area contributed by atoms with E-state index in [4.69, 9.17) is 5.11 Å². The number of aryl methyl sites for hydroxylation is 3. The predicted octanol–water partition coefficient (Wildman–Crippen LogP) is 3.25. The first kappa shape index (κ1) is 15.2. The van der Waals surface area contributed by atoms with E-state index in [0.29, 0.717) is 0 Å². The molecule has 2 nitrogen and oxygen atoms in total. The molecule has 0 aliphatic rings. The van der Waals surface area contributed by atoms with Gasteiger partial charge in [0.05, 0.1) is 0 Å². The van der Waals surface area contributed by atoms with E-state index in [9.17, 15) is 0 Å². The van der Waals surface area contributed by atoms with E-state index in [2.05, 4.69) is 52.1 Å². The van der Waals surface area contributed by atoms with Crippen LogP contribution in [0.1, 0.15) is 48.9 Å². The van der Waals surface area contributed by atoms with Crippen LogP contribution >= 0.6 is 0 Å². The first-order valence-corrected chi connectivity index (χ1v) is 6.84. The molecule has 0 aromatic heterocycles. The molecule has 0 bridgehead atoms. The Kier molecular flexibility index (Phi) is 5.36. The highest BCUT2D eigenvalue weighted by molar-refractivity contribution is 5.36. The fourth-order valence-electron chi connectivity index (χ4n) is 2.16. The summed E-state index contributed by atoms with van der Waals surface area (Å²) in [4.78, 5) is 0. The lowest BCUT2D eigenvalue weighted by Crippen LogP contribution is -2.42. The largest absolute Gasteiger partial charge is 0.396 e. The number of rotatable bonds is 6. The molecule has 2 heteroatoms. The molecule has 0 heterocycles. The molecule has 1 atom stereocenters. The van der Waals surface area contributed by atoms with Gasteiger partial charge in [-0.15, -0.1) is 0 Å². The lowest BCUT2D eigenvalue weighted by Gasteiger charge is -2.29. The molecule has 18 heavy (non-hydrogen) atoms. The van der Waals surface area contributed by atoms with Crippen LogP contribution in [0, 0.1) is 20.8 Å². The van der Waals surface area contributed by atoms with Gasteiger partial charge in [-0.05, 0) is 62.8 Å². The summed E-state index contributed by atoms with van der Waals surface area (Å²) >= 11 is 0. The van der Waals surface area contributed by atoms with E-state index in [1.54, 1.807) is 0 Å². The zero-order valence-electron chi connectivity index (χ0n) is 12.4. The molecule has 102 valence electrons. The van der Waals surface area contributed by atoms with Gasteiger partial charge in [-0.2, -0.15) is 0 Å². The van der Waals surface area contributed by atoms with Crippen molar-refractivity contribution in [3.63, 3.8) is 0 Å². The quantitative estimate of drug-likeness (QED) is 0.811. The molecule has 0 spiro atoms.